The number of amides is 2. The van der Waals surface area contributed by atoms with E-state index in [1.54, 1.807) is 11.1 Å². The van der Waals surface area contributed by atoms with Crippen molar-refractivity contribution < 1.29 is 19.4 Å². The Morgan fingerprint density at radius 2 is 2.24 bits per heavy atom. The van der Waals surface area contributed by atoms with E-state index in [0.29, 0.717) is 19.6 Å². The van der Waals surface area contributed by atoms with E-state index in [-0.39, 0.29) is 30.6 Å². The smallest absolute Gasteiger partial charge is 0.317 e. The van der Waals surface area contributed by atoms with Gasteiger partial charge in [0, 0.05) is 38.0 Å². The molecule has 0 aliphatic carbocycles. The van der Waals surface area contributed by atoms with Crippen LogP contribution in [-0.4, -0.2) is 57.5 Å². The summed E-state index contributed by atoms with van der Waals surface area (Å²) in [4.78, 5) is 25.6. The quantitative estimate of drug-likeness (QED) is 0.857. The van der Waals surface area contributed by atoms with Gasteiger partial charge in [-0.05, 0) is 25.7 Å². The molecule has 2 unspecified atom stereocenters. The highest BCUT2D eigenvalue weighted by Crippen LogP contribution is 2.29. The van der Waals surface area contributed by atoms with Crippen molar-refractivity contribution in [2.24, 2.45) is 11.8 Å². The molecule has 3 heterocycles. The van der Waals surface area contributed by atoms with Crippen molar-refractivity contribution in [3.63, 3.8) is 0 Å². The van der Waals surface area contributed by atoms with Crippen LogP contribution < -0.4 is 5.32 Å². The number of nitrogens with zero attached hydrogens (tertiary/aromatic N) is 3. The average molecular weight is 350 g/mol. The van der Waals surface area contributed by atoms with Crippen LogP contribution in [0.2, 0.25) is 0 Å². The molecular weight excluding hydrogens is 324 g/mol. The normalized spacial score (nSPS) is 29.6. The highest BCUT2D eigenvalue weighted by Gasteiger charge is 2.36. The van der Waals surface area contributed by atoms with Gasteiger partial charge in [0.1, 0.15) is 6.10 Å². The second-order valence-corrected chi connectivity index (χ2v) is 7.05. The maximum Gasteiger partial charge on any atom is 0.317 e. The number of aliphatic carboxylic acids is 1. The number of ether oxygens (including phenoxy) is 1. The molecule has 1 aromatic rings. The summed E-state index contributed by atoms with van der Waals surface area (Å²) in [7, 11) is 0. The summed E-state index contributed by atoms with van der Waals surface area (Å²) >= 11 is 0. The third kappa shape index (κ3) is 3.95. The number of carboxylic acids is 1. The molecule has 2 aliphatic heterocycles. The SMILES string of the molecule is CCn1cc([C@H]2OCC[C@@H]2NC(=O)N2CC(C)CC(C(=O)O)C2)cn1. The maximum absolute atomic E-state index is 12.7. The number of aromatic nitrogens is 2. The zero-order valence-electron chi connectivity index (χ0n) is 14.7. The second kappa shape index (κ2) is 7.43. The number of carbonyl (C=O) groups is 2. The molecule has 2 amide bonds. The maximum atomic E-state index is 12.7. The minimum absolute atomic E-state index is 0.123. The summed E-state index contributed by atoms with van der Waals surface area (Å²) in [5.41, 5.74) is 0.958. The minimum atomic E-state index is -0.835. The molecule has 25 heavy (non-hydrogen) atoms. The summed E-state index contributed by atoms with van der Waals surface area (Å²) in [6.45, 7) is 6.21. The first-order valence-electron chi connectivity index (χ1n) is 8.90. The summed E-state index contributed by atoms with van der Waals surface area (Å²) in [5, 5.41) is 16.6. The molecule has 8 nitrogen and oxygen atoms in total. The van der Waals surface area contributed by atoms with E-state index in [1.807, 2.05) is 24.7 Å². The van der Waals surface area contributed by atoms with Crippen LogP contribution in [0, 0.1) is 11.8 Å². The monoisotopic (exact) mass is 350 g/mol. The van der Waals surface area contributed by atoms with Crippen LogP contribution in [0.5, 0.6) is 0 Å². The third-order valence-electron chi connectivity index (χ3n) is 5.00. The molecule has 2 aliphatic rings. The second-order valence-electron chi connectivity index (χ2n) is 7.05. The molecular formula is C17H26N4O4. The number of carboxylic acid groups (broad SMARTS) is 1. The summed E-state index contributed by atoms with van der Waals surface area (Å²) in [6, 6.07) is -0.330. The van der Waals surface area contributed by atoms with Gasteiger partial charge < -0.3 is 20.1 Å². The number of urea groups is 1. The lowest BCUT2D eigenvalue weighted by Crippen LogP contribution is -2.52. The van der Waals surface area contributed by atoms with Crippen LogP contribution in [0.25, 0.3) is 0 Å². The van der Waals surface area contributed by atoms with E-state index in [1.165, 1.54) is 0 Å². The predicted octanol–water partition coefficient (Wildman–Crippen LogP) is 1.49. The number of nitrogens with one attached hydrogen (secondary N) is 1. The van der Waals surface area contributed by atoms with Crippen molar-refractivity contribution in [2.75, 3.05) is 19.7 Å². The van der Waals surface area contributed by atoms with Crippen LogP contribution in [0.3, 0.4) is 0 Å². The number of hydrogen-bond donors (Lipinski definition) is 2. The number of piperidine rings is 1. The van der Waals surface area contributed by atoms with E-state index in [2.05, 4.69) is 10.4 Å². The fourth-order valence-electron chi connectivity index (χ4n) is 3.71. The van der Waals surface area contributed by atoms with Crippen molar-refractivity contribution in [3.8, 4) is 0 Å². The molecule has 2 N–H and O–H groups in total. The van der Waals surface area contributed by atoms with Gasteiger partial charge in [0.15, 0.2) is 0 Å². The first-order valence-corrected chi connectivity index (χ1v) is 8.90. The van der Waals surface area contributed by atoms with Crippen LogP contribution in [0.15, 0.2) is 12.4 Å². The summed E-state index contributed by atoms with van der Waals surface area (Å²) in [6.07, 6.45) is 4.87. The van der Waals surface area contributed by atoms with Crippen molar-refractivity contribution in [3.05, 3.63) is 18.0 Å². The van der Waals surface area contributed by atoms with Gasteiger partial charge in [-0.25, -0.2) is 4.79 Å². The van der Waals surface area contributed by atoms with E-state index in [4.69, 9.17) is 4.74 Å². The molecule has 0 bridgehead atoms. The van der Waals surface area contributed by atoms with Crippen molar-refractivity contribution in [1.82, 2.24) is 20.0 Å². The fraction of sp³-hybridized carbons (Fsp3) is 0.706. The lowest BCUT2D eigenvalue weighted by atomic mass is 9.91. The number of likely N-dealkylation sites (tertiary alicyclic amines) is 1. The Morgan fingerprint density at radius 3 is 2.92 bits per heavy atom. The minimum Gasteiger partial charge on any atom is -0.481 e. The molecule has 4 atom stereocenters. The molecule has 3 rings (SSSR count). The van der Waals surface area contributed by atoms with Crippen LogP contribution in [-0.2, 0) is 16.1 Å². The average Bonchev–Trinajstić information content (AvgIpc) is 3.22. The molecule has 8 heteroatoms. The standard InChI is InChI=1S/C17H26N4O4/c1-3-21-10-13(7-18-21)15-14(4-5-25-15)19-17(24)20-8-11(2)6-12(9-20)16(22)23/h7,10-12,14-15H,3-6,8-9H2,1-2H3,(H,19,24)(H,22,23)/t11?,12?,14-,15+/m0/s1. The number of aryl methyl sites for hydroxylation is 1. The molecule has 2 fully saturated rings. The molecule has 1 aromatic heterocycles. The van der Waals surface area contributed by atoms with Crippen molar-refractivity contribution >= 4 is 12.0 Å². The number of hydrogen-bond acceptors (Lipinski definition) is 4. The van der Waals surface area contributed by atoms with Gasteiger partial charge >= 0.3 is 12.0 Å². The lowest BCUT2D eigenvalue weighted by molar-refractivity contribution is -0.143. The first kappa shape index (κ1) is 17.7. The zero-order valence-corrected chi connectivity index (χ0v) is 14.7. The van der Waals surface area contributed by atoms with Gasteiger partial charge in [0.2, 0.25) is 0 Å². The third-order valence-corrected chi connectivity index (χ3v) is 5.00. The summed E-state index contributed by atoms with van der Waals surface area (Å²) in [5.74, 6) is -1.15. The Hall–Kier alpha value is -2.09. The molecule has 0 saturated carbocycles. The zero-order chi connectivity index (χ0) is 18.0. The fourth-order valence-corrected chi connectivity index (χ4v) is 3.71. The molecule has 138 valence electrons. The molecule has 2 saturated heterocycles. The molecule has 0 radical (unpaired) electrons. The van der Waals surface area contributed by atoms with Gasteiger partial charge in [0.05, 0.1) is 18.2 Å². The van der Waals surface area contributed by atoms with E-state index in [9.17, 15) is 14.7 Å². The number of carbonyl (C=O) groups excluding carboxylic acids is 1. The highest BCUT2D eigenvalue weighted by molar-refractivity contribution is 5.77. The molecule has 0 spiro atoms. The van der Waals surface area contributed by atoms with E-state index >= 15 is 0 Å². The topological polar surface area (TPSA) is 96.7 Å². The highest BCUT2D eigenvalue weighted by atomic mass is 16.5. The number of rotatable bonds is 4. The van der Waals surface area contributed by atoms with E-state index < -0.39 is 11.9 Å². The Balaban J connectivity index is 1.64. The van der Waals surface area contributed by atoms with Gasteiger partial charge in [0.25, 0.3) is 0 Å². The van der Waals surface area contributed by atoms with E-state index in [0.717, 1.165) is 18.5 Å². The predicted molar refractivity (Wildman–Crippen MR) is 90.0 cm³/mol. The van der Waals surface area contributed by atoms with Gasteiger partial charge in [-0.2, -0.15) is 5.10 Å². The lowest BCUT2D eigenvalue weighted by Gasteiger charge is -2.35. The van der Waals surface area contributed by atoms with Gasteiger partial charge in [-0.15, -0.1) is 0 Å². The van der Waals surface area contributed by atoms with Crippen molar-refractivity contribution in [2.45, 2.75) is 45.4 Å². The van der Waals surface area contributed by atoms with Crippen molar-refractivity contribution in [1.29, 1.82) is 0 Å². The van der Waals surface area contributed by atoms with Crippen LogP contribution >= 0.6 is 0 Å². The largest absolute Gasteiger partial charge is 0.481 e. The van der Waals surface area contributed by atoms with Crippen LogP contribution in [0.1, 0.15) is 38.4 Å². The Kier molecular flexibility index (Phi) is 5.27. The Bertz CT molecular complexity index is 632. The van der Waals surface area contributed by atoms with Gasteiger partial charge in [-0.3, -0.25) is 9.48 Å². The van der Waals surface area contributed by atoms with Gasteiger partial charge in [-0.1, -0.05) is 6.92 Å². The Morgan fingerprint density at radius 1 is 1.44 bits per heavy atom. The summed E-state index contributed by atoms with van der Waals surface area (Å²) < 4.78 is 7.63. The first-order chi connectivity index (χ1) is 12.0. The van der Waals surface area contributed by atoms with Crippen LogP contribution in [0.4, 0.5) is 4.79 Å². The molecule has 0 aromatic carbocycles. The Labute approximate surface area is 147 Å².